The lowest BCUT2D eigenvalue weighted by Gasteiger charge is -2.42. The van der Waals surface area contributed by atoms with Gasteiger partial charge in [0.2, 0.25) is 0 Å². The molecule has 4 nitrogen and oxygen atoms in total. The predicted molar refractivity (Wildman–Crippen MR) is 131 cm³/mol. The number of phenols is 1. The number of ether oxygens (including phenoxy) is 2. The Balaban J connectivity index is 2.31. The number of aromatic hydroxyl groups is 1. The molecule has 0 spiro atoms. The summed E-state index contributed by atoms with van der Waals surface area (Å²) in [5.41, 5.74) is 6.35. The van der Waals surface area contributed by atoms with Gasteiger partial charge in [-0.15, -0.1) is 0 Å². The zero-order chi connectivity index (χ0) is 23.3. The van der Waals surface area contributed by atoms with Crippen LogP contribution in [-0.2, 0) is 11.2 Å². The fourth-order valence-corrected chi connectivity index (χ4v) is 10.2. The van der Waals surface area contributed by atoms with Crippen molar-refractivity contribution in [2.45, 2.75) is 78.4 Å². The van der Waals surface area contributed by atoms with Gasteiger partial charge in [0.1, 0.15) is 5.75 Å². The van der Waals surface area contributed by atoms with Gasteiger partial charge < -0.3 is 19.0 Å². The molecule has 0 bridgehead atoms. The molecule has 2 aromatic rings. The van der Waals surface area contributed by atoms with Crippen molar-refractivity contribution >= 4 is 8.32 Å². The number of rotatable bonds is 10. The molecule has 0 aliphatic carbocycles. The molecule has 2 aromatic carbocycles. The fraction of sp³-hybridized carbons (Fsp3) is 0.538. The lowest BCUT2D eigenvalue weighted by molar-refractivity contribution is 0.0492. The number of aryl methyl sites for hydroxylation is 2. The van der Waals surface area contributed by atoms with E-state index in [1.54, 1.807) is 19.2 Å². The van der Waals surface area contributed by atoms with Gasteiger partial charge >= 0.3 is 0 Å². The van der Waals surface area contributed by atoms with E-state index in [4.69, 9.17) is 13.9 Å². The first kappa shape index (κ1) is 25.3. The van der Waals surface area contributed by atoms with Crippen molar-refractivity contribution in [1.82, 2.24) is 0 Å². The molecule has 5 heteroatoms. The van der Waals surface area contributed by atoms with Crippen LogP contribution in [0, 0.1) is 13.8 Å². The van der Waals surface area contributed by atoms with E-state index in [2.05, 4.69) is 67.5 Å². The Bertz CT molecular complexity index is 829. The largest absolute Gasteiger partial charge is 0.543 e. The van der Waals surface area contributed by atoms with Crippen molar-refractivity contribution in [3.05, 3.63) is 52.6 Å². The van der Waals surface area contributed by atoms with Crippen molar-refractivity contribution in [2.75, 3.05) is 13.9 Å². The van der Waals surface area contributed by atoms with Gasteiger partial charge in [-0.2, -0.15) is 0 Å². The minimum atomic E-state index is -1.99. The van der Waals surface area contributed by atoms with Gasteiger partial charge in [-0.3, -0.25) is 0 Å². The second kappa shape index (κ2) is 10.6. The second-order valence-electron chi connectivity index (χ2n) is 9.49. The standard InChI is InChI=1S/C26H40O4Si/c1-17(2)31(18(3)4,19(5)6)30-23-12-20(7)24(21(8)13-23)14-22-10-11-26(25(27)15-22)29-16-28-9/h10-13,15,17-19,27H,14,16H2,1-9H3. The van der Waals surface area contributed by atoms with Crippen LogP contribution < -0.4 is 9.16 Å². The molecule has 2 rings (SSSR count). The minimum Gasteiger partial charge on any atom is -0.543 e. The molecule has 0 saturated heterocycles. The van der Waals surface area contributed by atoms with Gasteiger partial charge in [0.05, 0.1) is 0 Å². The molecular formula is C26H40O4Si. The smallest absolute Gasteiger partial charge is 0.258 e. The average molecular weight is 445 g/mol. The molecule has 0 unspecified atom stereocenters. The van der Waals surface area contributed by atoms with Crippen molar-refractivity contribution in [3.63, 3.8) is 0 Å². The van der Waals surface area contributed by atoms with Crippen LogP contribution in [0.2, 0.25) is 16.6 Å². The summed E-state index contributed by atoms with van der Waals surface area (Å²) in [6.45, 7) is 18.3. The van der Waals surface area contributed by atoms with Gasteiger partial charge in [-0.25, -0.2) is 0 Å². The van der Waals surface area contributed by atoms with Gasteiger partial charge in [-0.1, -0.05) is 47.6 Å². The van der Waals surface area contributed by atoms with Crippen molar-refractivity contribution < 1.29 is 19.0 Å². The lowest BCUT2D eigenvalue weighted by Crippen LogP contribution is -2.50. The van der Waals surface area contributed by atoms with Crippen LogP contribution in [0.15, 0.2) is 30.3 Å². The van der Waals surface area contributed by atoms with E-state index in [1.807, 2.05) is 6.07 Å². The molecular weight excluding hydrogens is 404 g/mol. The first-order valence-electron chi connectivity index (χ1n) is 11.3. The Labute approximate surface area is 189 Å². The summed E-state index contributed by atoms with van der Waals surface area (Å²) in [4.78, 5) is 0. The van der Waals surface area contributed by atoms with Gasteiger partial charge in [-0.05, 0) is 83.4 Å². The van der Waals surface area contributed by atoms with Gasteiger partial charge in [0.25, 0.3) is 8.32 Å². The highest BCUT2D eigenvalue weighted by Gasteiger charge is 2.47. The van der Waals surface area contributed by atoms with E-state index in [9.17, 15) is 5.11 Å². The maximum Gasteiger partial charge on any atom is 0.258 e. The van der Waals surface area contributed by atoms with Crippen LogP contribution in [0.25, 0.3) is 0 Å². The number of hydrogen-bond acceptors (Lipinski definition) is 4. The topological polar surface area (TPSA) is 47.9 Å². The van der Waals surface area contributed by atoms with Crippen molar-refractivity contribution in [1.29, 1.82) is 0 Å². The highest BCUT2D eigenvalue weighted by molar-refractivity contribution is 6.78. The molecule has 0 atom stereocenters. The van der Waals surface area contributed by atoms with Crippen LogP contribution in [0.3, 0.4) is 0 Å². The third kappa shape index (κ3) is 5.63. The molecule has 0 aromatic heterocycles. The van der Waals surface area contributed by atoms with E-state index in [0.29, 0.717) is 22.4 Å². The van der Waals surface area contributed by atoms with E-state index in [0.717, 1.165) is 17.7 Å². The van der Waals surface area contributed by atoms with Crippen molar-refractivity contribution in [3.8, 4) is 17.2 Å². The Morgan fingerprint density at radius 2 is 1.42 bits per heavy atom. The average Bonchev–Trinajstić information content (AvgIpc) is 2.67. The normalized spacial score (nSPS) is 12.1. The number of methoxy groups -OCH3 is 1. The molecule has 1 N–H and O–H groups in total. The van der Waals surface area contributed by atoms with Crippen LogP contribution in [0.5, 0.6) is 17.2 Å². The SMILES string of the molecule is COCOc1ccc(Cc2c(C)cc(O[Si](C(C)C)(C(C)C)C(C)C)cc2C)cc1O. The summed E-state index contributed by atoms with van der Waals surface area (Å²) in [5.74, 6) is 1.55. The molecule has 172 valence electrons. The van der Waals surface area contributed by atoms with E-state index >= 15 is 0 Å². The molecule has 0 aliphatic heterocycles. The molecule has 0 amide bonds. The summed E-state index contributed by atoms with van der Waals surface area (Å²) >= 11 is 0. The number of phenolic OH excluding ortho intramolecular Hbond substituents is 1. The Kier molecular flexibility index (Phi) is 8.61. The zero-order valence-corrected chi connectivity index (χ0v) is 21.7. The summed E-state index contributed by atoms with van der Waals surface area (Å²) < 4.78 is 17.2. The van der Waals surface area contributed by atoms with Crippen LogP contribution in [0.1, 0.15) is 63.8 Å². The zero-order valence-electron chi connectivity index (χ0n) is 20.7. The Morgan fingerprint density at radius 3 is 1.87 bits per heavy atom. The van der Waals surface area contributed by atoms with Gasteiger partial charge in [0.15, 0.2) is 18.3 Å². The molecule has 0 aliphatic rings. The molecule has 0 heterocycles. The quantitative estimate of drug-likeness (QED) is 0.312. The predicted octanol–water partition coefficient (Wildman–Crippen LogP) is 7.14. The first-order chi connectivity index (χ1) is 14.5. The highest BCUT2D eigenvalue weighted by atomic mass is 28.4. The monoisotopic (exact) mass is 444 g/mol. The van der Waals surface area contributed by atoms with E-state index in [1.165, 1.54) is 16.7 Å². The summed E-state index contributed by atoms with van der Waals surface area (Å²) in [6.07, 6.45) is 0.747. The van der Waals surface area contributed by atoms with Crippen LogP contribution in [-0.4, -0.2) is 27.3 Å². The minimum absolute atomic E-state index is 0.112. The van der Waals surface area contributed by atoms with Gasteiger partial charge in [0, 0.05) is 7.11 Å². The first-order valence-corrected chi connectivity index (χ1v) is 13.4. The summed E-state index contributed by atoms with van der Waals surface area (Å²) in [7, 11) is -0.432. The third-order valence-corrected chi connectivity index (χ3v) is 12.4. The molecule has 31 heavy (non-hydrogen) atoms. The summed E-state index contributed by atoms with van der Waals surface area (Å²) in [6, 6.07) is 9.92. The maximum atomic E-state index is 10.3. The van der Waals surface area contributed by atoms with Crippen LogP contribution >= 0.6 is 0 Å². The number of benzene rings is 2. The third-order valence-electron chi connectivity index (χ3n) is 6.41. The fourth-order valence-electron chi connectivity index (χ4n) is 4.97. The highest BCUT2D eigenvalue weighted by Crippen LogP contribution is 2.43. The molecule has 0 fully saturated rings. The van der Waals surface area contributed by atoms with E-state index in [-0.39, 0.29) is 12.5 Å². The maximum absolute atomic E-state index is 10.3. The lowest BCUT2D eigenvalue weighted by atomic mass is 9.95. The second-order valence-corrected chi connectivity index (χ2v) is 14.9. The Hall–Kier alpha value is -1.98. The molecule has 0 saturated carbocycles. The summed E-state index contributed by atoms with van der Waals surface area (Å²) in [5, 5.41) is 10.3. The number of hydrogen-bond donors (Lipinski definition) is 1. The molecule has 0 radical (unpaired) electrons. The van der Waals surface area contributed by atoms with Crippen LogP contribution in [0.4, 0.5) is 0 Å². The van der Waals surface area contributed by atoms with Crippen molar-refractivity contribution in [2.24, 2.45) is 0 Å². The van der Waals surface area contributed by atoms with E-state index < -0.39 is 8.32 Å². The Morgan fingerprint density at radius 1 is 0.871 bits per heavy atom.